The first-order chi connectivity index (χ1) is 9.51. The third kappa shape index (κ3) is 3.31. The molecule has 0 aliphatic carbocycles. The highest BCUT2D eigenvalue weighted by atomic mass is 15.3. The Morgan fingerprint density at radius 2 is 1.90 bits per heavy atom. The maximum atomic E-state index is 4.59. The van der Waals surface area contributed by atoms with Crippen LogP contribution in [0.4, 0.5) is 0 Å². The standard InChI is InChI=1S/C16H26N4/c1-12(2)16(17-5)14-6-8-19(10-14)11-15-7-9-20(18-15)13(3)4/h6-10,12-13,16-17H,11H2,1-5H3. The monoisotopic (exact) mass is 274 g/mol. The predicted molar refractivity (Wildman–Crippen MR) is 82.8 cm³/mol. The SMILES string of the molecule is CNC(c1ccn(Cc2ccn(C(C)C)n2)c1)C(C)C. The van der Waals surface area contributed by atoms with E-state index in [1.807, 2.05) is 11.7 Å². The van der Waals surface area contributed by atoms with Crippen molar-refractivity contribution in [3.05, 3.63) is 42.0 Å². The van der Waals surface area contributed by atoms with E-state index in [9.17, 15) is 0 Å². The van der Waals surface area contributed by atoms with E-state index in [0.717, 1.165) is 12.2 Å². The molecule has 1 N–H and O–H groups in total. The third-order valence-corrected chi connectivity index (χ3v) is 3.65. The van der Waals surface area contributed by atoms with Gasteiger partial charge in [-0.15, -0.1) is 0 Å². The molecule has 2 rings (SSSR count). The molecule has 0 aliphatic rings. The largest absolute Gasteiger partial charge is 0.348 e. The van der Waals surface area contributed by atoms with Crippen molar-refractivity contribution in [1.82, 2.24) is 19.7 Å². The quantitative estimate of drug-likeness (QED) is 0.877. The second-order valence-corrected chi connectivity index (χ2v) is 6.01. The van der Waals surface area contributed by atoms with Gasteiger partial charge in [0, 0.05) is 30.7 Å². The number of hydrogen-bond donors (Lipinski definition) is 1. The normalized spacial score (nSPS) is 13.3. The lowest BCUT2D eigenvalue weighted by Gasteiger charge is -2.18. The van der Waals surface area contributed by atoms with Crippen LogP contribution in [0.15, 0.2) is 30.7 Å². The van der Waals surface area contributed by atoms with E-state index in [4.69, 9.17) is 0 Å². The molecule has 0 saturated carbocycles. The van der Waals surface area contributed by atoms with Crippen molar-refractivity contribution >= 4 is 0 Å². The lowest BCUT2D eigenvalue weighted by atomic mass is 9.99. The molecule has 2 aromatic rings. The van der Waals surface area contributed by atoms with Gasteiger partial charge < -0.3 is 9.88 Å². The molecule has 0 aromatic carbocycles. The topological polar surface area (TPSA) is 34.8 Å². The van der Waals surface area contributed by atoms with Crippen LogP contribution in [-0.4, -0.2) is 21.4 Å². The summed E-state index contributed by atoms with van der Waals surface area (Å²) in [4.78, 5) is 0. The van der Waals surface area contributed by atoms with Gasteiger partial charge in [0.25, 0.3) is 0 Å². The molecule has 4 nitrogen and oxygen atoms in total. The summed E-state index contributed by atoms with van der Waals surface area (Å²) in [6.45, 7) is 9.59. The fourth-order valence-corrected chi connectivity index (χ4v) is 2.56. The maximum absolute atomic E-state index is 4.59. The second kappa shape index (κ2) is 6.27. The predicted octanol–water partition coefficient (Wildman–Crippen LogP) is 3.23. The van der Waals surface area contributed by atoms with E-state index in [1.165, 1.54) is 5.56 Å². The van der Waals surface area contributed by atoms with Crippen molar-refractivity contribution < 1.29 is 0 Å². The molecule has 1 atom stereocenters. The number of hydrogen-bond acceptors (Lipinski definition) is 2. The highest BCUT2D eigenvalue weighted by molar-refractivity contribution is 5.17. The van der Waals surface area contributed by atoms with Gasteiger partial charge in [0.2, 0.25) is 0 Å². The first kappa shape index (κ1) is 14.9. The minimum Gasteiger partial charge on any atom is -0.348 e. The van der Waals surface area contributed by atoms with Gasteiger partial charge in [-0.3, -0.25) is 4.68 Å². The molecule has 0 amide bonds. The van der Waals surface area contributed by atoms with Crippen molar-refractivity contribution in [3.8, 4) is 0 Å². The molecule has 2 aromatic heterocycles. The highest BCUT2D eigenvalue weighted by Gasteiger charge is 2.14. The summed E-state index contributed by atoms with van der Waals surface area (Å²) in [6, 6.07) is 5.11. The van der Waals surface area contributed by atoms with E-state index in [1.54, 1.807) is 0 Å². The van der Waals surface area contributed by atoms with Gasteiger partial charge in [0.1, 0.15) is 0 Å². The van der Waals surface area contributed by atoms with Gasteiger partial charge >= 0.3 is 0 Å². The van der Waals surface area contributed by atoms with Gasteiger partial charge in [-0.2, -0.15) is 5.10 Å². The van der Waals surface area contributed by atoms with Crippen LogP contribution in [-0.2, 0) is 6.54 Å². The van der Waals surface area contributed by atoms with Crippen molar-refractivity contribution in [2.24, 2.45) is 5.92 Å². The van der Waals surface area contributed by atoms with E-state index in [-0.39, 0.29) is 0 Å². The molecule has 20 heavy (non-hydrogen) atoms. The Bertz CT molecular complexity index is 536. The summed E-state index contributed by atoms with van der Waals surface area (Å²) in [5, 5.41) is 7.98. The number of aromatic nitrogens is 3. The molecular weight excluding hydrogens is 248 g/mol. The van der Waals surface area contributed by atoms with Crippen LogP contribution >= 0.6 is 0 Å². The second-order valence-electron chi connectivity index (χ2n) is 6.01. The Balaban J connectivity index is 2.08. The van der Waals surface area contributed by atoms with E-state index in [0.29, 0.717) is 18.0 Å². The first-order valence-electron chi connectivity index (χ1n) is 7.38. The van der Waals surface area contributed by atoms with Gasteiger partial charge in [-0.1, -0.05) is 13.8 Å². The molecule has 1 unspecified atom stereocenters. The summed E-state index contributed by atoms with van der Waals surface area (Å²) in [5.41, 5.74) is 2.44. The first-order valence-corrected chi connectivity index (χ1v) is 7.38. The molecule has 0 radical (unpaired) electrons. The highest BCUT2D eigenvalue weighted by Crippen LogP contribution is 2.21. The lowest BCUT2D eigenvalue weighted by Crippen LogP contribution is -2.21. The smallest absolute Gasteiger partial charge is 0.0821 e. The Kier molecular flexibility index (Phi) is 4.65. The van der Waals surface area contributed by atoms with Crippen LogP contribution in [0, 0.1) is 5.92 Å². The average molecular weight is 274 g/mol. The van der Waals surface area contributed by atoms with Crippen molar-refractivity contribution in [1.29, 1.82) is 0 Å². The Morgan fingerprint density at radius 3 is 2.45 bits per heavy atom. The van der Waals surface area contributed by atoms with Crippen molar-refractivity contribution in [3.63, 3.8) is 0 Å². The molecule has 0 spiro atoms. The van der Waals surface area contributed by atoms with Gasteiger partial charge in [-0.25, -0.2) is 0 Å². The minimum absolute atomic E-state index is 0.407. The zero-order chi connectivity index (χ0) is 14.7. The maximum Gasteiger partial charge on any atom is 0.0821 e. The Hall–Kier alpha value is -1.55. The van der Waals surface area contributed by atoms with Crippen molar-refractivity contribution in [2.75, 3.05) is 7.05 Å². The fourth-order valence-electron chi connectivity index (χ4n) is 2.56. The Morgan fingerprint density at radius 1 is 1.15 bits per heavy atom. The zero-order valence-electron chi connectivity index (χ0n) is 13.2. The lowest BCUT2D eigenvalue weighted by molar-refractivity contribution is 0.442. The summed E-state index contributed by atoms with van der Waals surface area (Å²) >= 11 is 0. The molecule has 0 bridgehead atoms. The number of rotatable bonds is 6. The summed E-state index contributed by atoms with van der Waals surface area (Å²) < 4.78 is 4.21. The van der Waals surface area contributed by atoms with Crippen LogP contribution < -0.4 is 5.32 Å². The molecule has 0 aliphatic heterocycles. The van der Waals surface area contributed by atoms with E-state index < -0.39 is 0 Å². The van der Waals surface area contributed by atoms with E-state index >= 15 is 0 Å². The fraction of sp³-hybridized carbons (Fsp3) is 0.562. The summed E-state index contributed by atoms with van der Waals surface area (Å²) in [6.07, 6.45) is 6.40. The molecule has 4 heteroatoms. The van der Waals surface area contributed by atoms with Crippen LogP contribution in [0.2, 0.25) is 0 Å². The van der Waals surface area contributed by atoms with Crippen LogP contribution in [0.25, 0.3) is 0 Å². The van der Waals surface area contributed by atoms with Gasteiger partial charge in [0.05, 0.1) is 12.2 Å². The summed E-state index contributed by atoms with van der Waals surface area (Å²) in [5.74, 6) is 0.580. The van der Waals surface area contributed by atoms with Crippen molar-refractivity contribution in [2.45, 2.75) is 46.3 Å². The minimum atomic E-state index is 0.407. The molecule has 110 valence electrons. The van der Waals surface area contributed by atoms with E-state index in [2.05, 4.69) is 73.4 Å². The number of nitrogens with zero attached hydrogens (tertiary/aromatic N) is 3. The van der Waals surface area contributed by atoms with Crippen LogP contribution in [0.5, 0.6) is 0 Å². The summed E-state index contributed by atoms with van der Waals surface area (Å²) in [7, 11) is 2.02. The molecular formula is C16H26N4. The van der Waals surface area contributed by atoms with Gasteiger partial charge in [0.15, 0.2) is 0 Å². The number of nitrogens with one attached hydrogen (secondary N) is 1. The van der Waals surface area contributed by atoms with Gasteiger partial charge in [-0.05, 0) is 44.5 Å². The average Bonchev–Trinajstić information content (AvgIpc) is 3.00. The van der Waals surface area contributed by atoms with Crippen LogP contribution in [0.1, 0.15) is 51.0 Å². The molecule has 2 heterocycles. The zero-order valence-corrected chi connectivity index (χ0v) is 13.2. The third-order valence-electron chi connectivity index (χ3n) is 3.65. The molecule has 0 saturated heterocycles. The molecule has 0 fully saturated rings. The Labute approximate surface area is 121 Å². The van der Waals surface area contributed by atoms with Crippen LogP contribution in [0.3, 0.4) is 0 Å².